The van der Waals surface area contributed by atoms with E-state index in [0.717, 1.165) is 0 Å². The number of rotatable bonds is 4. The molecule has 1 aromatic rings. The first-order valence-electron chi connectivity index (χ1n) is 6.99. The van der Waals surface area contributed by atoms with E-state index in [1.54, 1.807) is 10.8 Å². The molecule has 1 aliphatic rings. The van der Waals surface area contributed by atoms with Crippen molar-refractivity contribution in [3.05, 3.63) is 18.2 Å². The summed E-state index contributed by atoms with van der Waals surface area (Å²) in [6, 6.07) is -0.212. The molecule has 1 saturated carbocycles. The Morgan fingerprint density at radius 2 is 2.05 bits per heavy atom. The highest BCUT2D eigenvalue weighted by Gasteiger charge is 2.41. The second kappa shape index (κ2) is 6.46. The van der Waals surface area contributed by atoms with Crippen LogP contribution in [0.15, 0.2) is 12.5 Å². The van der Waals surface area contributed by atoms with Crippen molar-refractivity contribution in [1.29, 1.82) is 0 Å². The van der Waals surface area contributed by atoms with Crippen molar-refractivity contribution < 1.29 is 18.0 Å². The number of alkyl halides is 3. The van der Waals surface area contributed by atoms with E-state index in [9.17, 15) is 18.0 Å². The smallest absolute Gasteiger partial charge is 0.348 e. The number of carbonyl (C=O) groups is 1. The molecule has 0 aliphatic heterocycles. The van der Waals surface area contributed by atoms with Gasteiger partial charge in [-0.15, -0.1) is 0 Å². The predicted octanol–water partition coefficient (Wildman–Crippen LogP) is 1.69. The van der Waals surface area contributed by atoms with Crippen LogP contribution in [-0.4, -0.2) is 34.2 Å². The van der Waals surface area contributed by atoms with Gasteiger partial charge in [-0.3, -0.25) is 4.79 Å². The average molecular weight is 304 g/mol. The summed E-state index contributed by atoms with van der Waals surface area (Å²) in [6.45, 7) is 1.01. The van der Waals surface area contributed by atoms with Gasteiger partial charge in [0.25, 0.3) is 5.91 Å². The zero-order chi connectivity index (χ0) is 15.5. The van der Waals surface area contributed by atoms with Crippen molar-refractivity contribution in [3.63, 3.8) is 0 Å². The van der Waals surface area contributed by atoms with Crippen LogP contribution in [0.2, 0.25) is 0 Å². The first-order chi connectivity index (χ1) is 9.90. The summed E-state index contributed by atoms with van der Waals surface area (Å²) >= 11 is 0. The fourth-order valence-electron chi connectivity index (χ4n) is 2.57. The van der Waals surface area contributed by atoms with Crippen LogP contribution < -0.4 is 11.1 Å². The monoisotopic (exact) mass is 304 g/mol. The lowest BCUT2D eigenvalue weighted by Gasteiger charge is -2.30. The number of amides is 1. The summed E-state index contributed by atoms with van der Waals surface area (Å²) in [6.07, 6.45) is -0.202. The molecule has 8 heteroatoms. The molecule has 2 rings (SSSR count). The molecule has 118 valence electrons. The molecular weight excluding hydrogens is 285 g/mol. The van der Waals surface area contributed by atoms with Crippen LogP contribution in [0.25, 0.3) is 0 Å². The first kappa shape index (κ1) is 15.8. The zero-order valence-corrected chi connectivity index (χ0v) is 11.6. The van der Waals surface area contributed by atoms with E-state index in [1.807, 2.05) is 0 Å². The van der Waals surface area contributed by atoms with Gasteiger partial charge in [-0.05, 0) is 25.7 Å². The van der Waals surface area contributed by atoms with Crippen molar-refractivity contribution in [2.75, 3.05) is 6.54 Å². The fraction of sp³-hybridized carbons (Fsp3) is 0.692. The highest BCUT2D eigenvalue weighted by molar-refractivity contribution is 5.92. The Labute approximate surface area is 120 Å². The summed E-state index contributed by atoms with van der Waals surface area (Å²) in [7, 11) is 0. The van der Waals surface area contributed by atoms with E-state index in [0.29, 0.717) is 25.9 Å². The van der Waals surface area contributed by atoms with E-state index < -0.39 is 12.1 Å². The maximum absolute atomic E-state index is 12.6. The molecule has 1 amide bonds. The van der Waals surface area contributed by atoms with Crippen LogP contribution in [0.4, 0.5) is 13.2 Å². The standard InChI is InChI=1S/C13H19F3N4O/c14-13(15,16)9-1-3-10(4-2-9)19-12(21)11-7-20(6-5-17)8-18-11/h7-10H,1-6,17H2,(H,19,21). The summed E-state index contributed by atoms with van der Waals surface area (Å²) in [5, 5.41) is 2.75. The van der Waals surface area contributed by atoms with Gasteiger partial charge in [0.05, 0.1) is 12.2 Å². The minimum absolute atomic E-state index is 0.0655. The maximum atomic E-state index is 12.6. The minimum Gasteiger partial charge on any atom is -0.348 e. The molecule has 0 aromatic carbocycles. The molecule has 0 spiro atoms. The number of nitrogens with two attached hydrogens (primary N) is 1. The lowest BCUT2D eigenvalue weighted by atomic mass is 9.85. The van der Waals surface area contributed by atoms with Crippen molar-refractivity contribution in [2.45, 2.75) is 44.4 Å². The van der Waals surface area contributed by atoms with Crippen LogP contribution in [0.5, 0.6) is 0 Å². The largest absolute Gasteiger partial charge is 0.391 e. The molecule has 21 heavy (non-hydrogen) atoms. The molecule has 0 atom stereocenters. The Morgan fingerprint density at radius 1 is 1.38 bits per heavy atom. The van der Waals surface area contributed by atoms with Gasteiger partial charge in [0.15, 0.2) is 0 Å². The zero-order valence-electron chi connectivity index (χ0n) is 11.6. The Bertz CT molecular complexity index is 478. The second-order valence-electron chi connectivity index (χ2n) is 5.35. The Hall–Kier alpha value is -1.57. The van der Waals surface area contributed by atoms with Gasteiger partial charge in [-0.25, -0.2) is 4.98 Å². The molecule has 1 aliphatic carbocycles. The molecule has 0 unspecified atom stereocenters. The maximum Gasteiger partial charge on any atom is 0.391 e. The number of nitrogens with one attached hydrogen (secondary N) is 1. The van der Waals surface area contributed by atoms with Crippen molar-refractivity contribution in [1.82, 2.24) is 14.9 Å². The fourth-order valence-corrected chi connectivity index (χ4v) is 2.57. The Balaban J connectivity index is 1.84. The van der Waals surface area contributed by atoms with Gasteiger partial charge in [-0.1, -0.05) is 0 Å². The van der Waals surface area contributed by atoms with Crippen LogP contribution in [0.3, 0.4) is 0 Å². The molecule has 1 fully saturated rings. The number of aromatic nitrogens is 2. The third-order valence-corrected chi connectivity index (χ3v) is 3.78. The van der Waals surface area contributed by atoms with Crippen LogP contribution in [0, 0.1) is 5.92 Å². The van der Waals surface area contributed by atoms with Crippen molar-refractivity contribution in [3.8, 4) is 0 Å². The SMILES string of the molecule is NCCn1cnc(C(=O)NC2CCC(C(F)(F)F)CC2)c1. The van der Waals surface area contributed by atoms with E-state index >= 15 is 0 Å². The van der Waals surface area contributed by atoms with Crippen LogP contribution in [0.1, 0.15) is 36.2 Å². The highest BCUT2D eigenvalue weighted by Crippen LogP contribution is 2.37. The third kappa shape index (κ3) is 4.20. The van der Waals surface area contributed by atoms with E-state index in [4.69, 9.17) is 5.73 Å². The summed E-state index contributed by atoms with van der Waals surface area (Å²) in [5.74, 6) is -1.59. The van der Waals surface area contributed by atoms with Crippen LogP contribution >= 0.6 is 0 Å². The number of carbonyl (C=O) groups excluding carboxylic acids is 1. The van der Waals surface area contributed by atoms with Gasteiger partial charge in [-0.2, -0.15) is 13.2 Å². The number of hydrogen-bond acceptors (Lipinski definition) is 3. The number of nitrogens with zero attached hydrogens (tertiary/aromatic N) is 2. The normalized spacial score (nSPS) is 23.0. The highest BCUT2D eigenvalue weighted by atomic mass is 19.4. The molecule has 5 nitrogen and oxygen atoms in total. The molecule has 0 bridgehead atoms. The number of imidazole rings is 1. The molecule has 0 saturated heterocycles. The molecule has 3 N–H and O–H groups in total. The van der Waals surface area contributed by atoms with E-state index in [1.165, 1.54) is 6.33 Å². The quantitative estimate of drug-likeness (QED) is 0.889. The predicted molar refractivity (Wildman–Crippen MR) is 70.5 cm³/mol. The van der Waals surface area contributed by atoms with Gasteiger partial charge in [0.1, 0.15) is 5.69 Å². The molecular formula is C13H19F3N4O. The van der Waals surface area contributed by atoms with E-state index in [-0.39, 0.29) is 30.5 Å². The first-order valence-corrected chi connectivity index (χ1v) is 6.99. The lowest BCUT2D eigenvalue weighted by molar-refractivity contribution is -0.182. The lowest BCUT2D eigenvalue weighted by Crippen LogP contribution is -2.40. The van der Waals surface area contributed by atoms with Gasteiger partial charge < -0.3 is 15.6 Å². The van der Waals surface area contributed by atoms with Crippen molar-refractivity contribution in [2.24, 2.45) is 11.7 Å². The summed E-state index contributed by atoms with van der Waals surface area (Å²) in [4.78, 5) is 15.9. The number of halogens is 3. The average Bonchev–Trinajstić information content (AvgIpc) is 2.87. The Kier molecular flexibility index (Phi) is 4.87. The Morgan fingerprint density at radius 3 is 2.62 bits per heavy atom. The van der Waals surface area contributed by atoms with Gasteiger partial charge in [0.2, 0.25) is 0 Å². The number of hydrogen-bond donors (Lipinski definition) is 2. The molecule has 1 heterocycles. The van der Waals surface area contributed by atoms with E-state index in [2.05, 4.69) is 10.3 Å². The van der Waals surface area contributed by atoms with Crippen molar-refractivity contribution >= 4 is 5.91 Å². The molecule has 1 aromatic heterocycles. The summed E-state index contributed by atoms with van der Waals surface area (Å²) < 4.78 is 39.4. The molecule has 0 radical (unpaired) electrons. The van der Waals surface area contributed by atoms with Crippen LogP contribution in [-0.2, 0) is 6.54 Å². The third-order valence-electron chi connectivity index (χ3n) is 3.78. The minimum atomic E-state index is -4.13. The topological polar surface area (TPSA) is 72.9 Å². The van der Waals surface area contributed by atoms with Gasteiger partial charge >= 0.3 is 6.18 Å². The summed E-state index contributed by atoms with van der Waals surface area (Å²) in [5.41, 5.74) is 5.67. The van der Waals surface area contributed by atoms with Gasteiger partial charge in [0, 0.05) is 25.3 Å². The second-order valence-corrected chi connectivity index (χ2v) is 5.35.